The molecule has 0 radical (unpaired) electrons. The average Bonchev–Trinajstić information content (AvgIpc) is 3.61. The van der Waals surface area contributed by atoms with Crippen LogP contribution in [0.15, 0.2) is 109 Å². The Morgan fingerprint density at radius 1 is 0.510 bits per heavy atom. The summed E-state index contributed by atoms with van der Waals surface area (Å²) < 4.78 is 49.1. The Hall–Kier alpha value is -5.80. The third-order valence-corrected chi connectivity index (χ3v) is 10.1. The minimum Gasteiger partial charge on any atom is -0.308 e. The molecule has 0 aliphatic carbocycles. The van der Waals surface area contributed by atoms with E-state index in [9.17, 15) is 14.0 Å². The molecule has 8 rings (SSSR count). The van der Waals surface area contributed by atoms with E-state index >= 15 is 4.39 Å². The van der Waals surface area contributed by atoms with Crippen LogP contribution < -0.4 is 0 Å². The maximum atomic E-state index is 15.8. The van der Waals surface area contributed by atoms with Crippen molar-refractivity contribution in [2.45, 2.75) is 52.4 Å². The number of fused-ring (bicyclic) bond motifs is 6. The molecule has 0 N–H and O–H groups in total. The van der Waals surface area contributed by atoms with Crippen LogP contribution in [0.2, 0.25) is 0 Å². The van der Waals surface area contributed by atoms with Gasteiger partial charge in [0.15, 0.2) is 17.5 Å². The summed E-state index contributed by atoms with van der Waals surface area (Å²) in [5, 5.41) is 15.2. The molecule has 0 spiro atoms. The highest BCUT2D eigenvalue weighted by Gasteiger charge is 2.26. The lowest BCUT2D eigenvalue weighted by Crippen LogP contribution is -2.11. The van der Waals surface area contributed by atoms with Crippen LogP contribution in [0.4, 0.5) is 13.2 Å². The third-order valence-electron chi connectivity index (χ3n) is 10.1. The number of aromatic nitrogens is 2. The van der Waals surface area contributed by atoms with E-state index in [1.54, 1.807) is 12.1 Å². The van der Waals surface area contributed by atoms with Gasteiger partial charge in [-0.05, 0) is 76.1 Å². The summed E-state index contributed by atoms with van der Waals surface area (Å²) in [6.07, 6.45) is 0. The number of hydrogen-bond acceptors (Lipinski definition) is 1. The molecule has 2 heterocycles. The summed E-state index contributed by atoms with van der Waals surface area (Å²) in [4.78, 5) is 0. The molecular formula is C45H36F3N3. The lowest BCUT2D eigenvalue weighted by Gasteiger charge is -2.21. The summed E-state index contributed by atoms with van der Waals surface area (Å²) in [7, 11) is 0. The molecular weight excluding hydrogens is 640 g/mol. The fourth-order valence-electron chi connectivity index (χ4n) is 7.38. The van der Waals surface area contributed by atoms with Crippen LogP contribution in [0, 0.1) is 28.8 Å². The van der Waals surface area contributed by atoms with Crippen molar-refractivity contribution in [2.24, 2.45) is 0 Å². The molecule has 3 nitrogen and oxygen atoms in total. The van der Waals surface area contributed by atoms with Crippen LogP contribution in [0.25, 0.3) is 66.1 Å². The zero-order chi connectivity index (χ0) is 36.0. The standard InChI is InChI=1S/C45H36F3N3/c1-44(2,3)27-15-17-32-30-11-7-9-13-36(30)50(40(32)23-27)38-21-26(29-19-20-35(46)43(48)42(29)47)22-39(34(38)25-49)51-37-14-10-8-12-31(37)33-18-16-28(24-41(33)51)45(4,5)6/h7-24H,1-6H3. The lowest BCUT2D eigenvalue weighted by molar-refractivity contribution is 0.449. The molecule has 0 aliphatic heterocycles. The van der Waals surface area contributed by atoms with Crippen molar-refractivity contribution in [3.8, 4) is 28.6 Å². The van der Waals surface area contributed by atoms with Crippen molar-refractivity contribution in [1.82, 2.24) is 9.13 Å². The van der Waals surface area contributed by atoms with E-state index in [0.717, 1.165) is 60.8 Å². The van der Waals surface area contributed by atoms with Crippen molar-refractivity contribution < 1.29 is 13.2 Å². The average molecular weight is 676 g/mol. The second-order valence-corrected chi connectivity index (χ2v) is 15.4. The Kier molecular flexibility index (Phi) is 7.22. The molecule has 6 aromatic carbocycles. The molecule has 252 valence electrons. The van der Waals surface area contributed by atoms with Gasteiger partial charge in [-0.1, -0.05) is 102 Å². The molecule has 0 fully saturated rings. The Labute approximate surface area is 294 Å². The second kappa shape index (κ2) is 11.4. The van der Waals surface area contributed by atoms with E-state index in [1.807, 2.05) is 36.4 Å². The van der Waals surface area contributed by atoms with Gasteiger partial charge in [0.05, 0.1) is 33.4 Å². The molecule has 0 aliphatic rings. The monoisotopic (exact) mass is 675 g/mol. The first-order valence-corrected chi connectivity index (χ1v) is 17.1. The van der Waals surface area contributed by atoms with Crippen LogP contribution in [0.1, 0.15) is 58.2 Å². The predicted octanol–water partition coefficient (Wildman–Crippen LogP) is 12.4. The highest BCUT2D eigenvalue weighted by Crippen LogP contribution is 2.42. The smallest absolute Gasteiger partial charge is 0.195 e. The zero-order valence-corrected chi connectivity index (χ0v) is 29.4. The van der Waals surface area contributed by atoms with Crippen LogP contribution in [0.5, 0.6) is 0 Å². The first-order valence-electron chi connectivity index (χ1n) is 17.1. The van der Waals surface area contributed by atoms with E-state index in [2.05, 4.69) is 105 Å². The molecule has 0 bridgehead atoms. The van der Waals surface area contributed by atoms with Gasteiger partial charge < -0.3 is 9.13 Å². The normalized spacial score (nSPS) is 12.4. The van der Waals surface area contributed by atoms with E-state index in [-0.39, 0.29) is 16.4 Å². The van der Waals surface area contributed by atoms with Crippen molar-refractivity contribution in [1.29, 1.82) is 5.26 Å². The minimum atomic E-state index is -1.54. The maximum absolute atomic E-state index is 15.8. The summed E-state index contributed by atoms with van der Waals surface area (Å²) in [6, 6.07) is 37.0. The molecule has 8 aromatic rings. The molecule has 0 atom stereocenters. The van der Waals surface area contributed by atoms with Crippen LogP contribution in [-0.2, 0) is 10.8 Å². The Bertz CT molecular complexity index is 2610. The first-order chi connectivity index (χ1) is 24.3. The van der Waals surface area contributed by atoms with Gasteiger partial charge in [0, 0.05) is 27.1 Å². The van der Waals surface area contributed by atoms with Gasteiger partial charge >= 0.3 is 0 Å². The highest BCUT2D eigenvalue weighted by molar-refractivity contribution is 6.11. The van der Waals surface area contributed by atoms with Gasteiger partial charge in [-0.2, -0.15) is 5.26 Å². The van der Waals surface area contributed by atoms with Crippen LogP contribution in [-0.4, -0.2) is 9.13 Å². The second-order valence-electron chi connectivity index (χ2n) is 15.4. The van der Waals surface area contributed by atoms with E-state index in [4.69, 9.17) is 0 Å². The minimum absolute atomic E-state index is 0.104. The molecule has 0 saturated heterocycles. The number of nitriles is 1. The Balaban J connectivity index is 1.58. The van der Waals surface area contributed by atoms with Gasteiger partial charge in [0.1, 0.15) is 11.6 Å². The quantitative estimate of drug-likeness (QED) is 0.172. The molecule has 6 heteroatoms. The number of nitrogens with zero attached hydrogens (tertiary/aromatic N) is 3. The Morgan fingerprint density at radius 2 is 0.961 bits per heavy atom. The molecule has 0 amide bonds. The van der Waals surface area contributed by atoms with E-state index < -0.39 is 17.5 Å². The predicted molar refractivity (Wildman–Crippen MR) is 203 cm³/mol. The molecule has 0 saturated carbocycles. The van der Waals surface area contributed by atoms with Crippen molar-refractivity contribution in [2.75, 3.05) is 0 Å². The third kappa shape index (κ3) is 5.02. The Morgan fingerprint density at radius 3 is 1.41 bits per heavy atom. The fraction of sp³-hybridized carbons (Fsp3) is 0.178. The van der Waals surface area contributed by atoms with E-state index in [1.165, 1.54) is 6.07 Å². The summed E-state index contributed by atoms with van der Waals surface area (Å²) in [5.41, 5.74) is 6.95. The molecule has 2 aromatic heterocycles. The maximum Gasteiger partial charge on any atom is 0.195 e. The van der Waals surface area contributed by atoms with Gasteiger partial charge in [-0.25, -0.2) is 13.2 Å². The SMILES string of the molecule is CC(C)(C)c1ccc2c3ccccc3n(-c3cc(-c4ccc(F)c(F)c4F)cc(-n4c5ccccc5c5ccc(C(C)(C)C)cc54)c3C#N)c2c1. The molecule has 0 unspecified atom stereocenters. The largest absolute Gasteiger partial charge is 0.308 e. The van der Waals surface area contributed by atoms with Crippen molar-refractivity contribution in [3.05, 3.63) is 143 Å². The van der Waals surface area contributed by atoms with Crippen molar-refractivity contribution >= 4 is 43.6 Å². The number of rotatable bonds is 3. The van der Waals surface area contributed by atoms with Crippen LogP contribution >= 0.6 is 0 Å². The van der Waals surface area contributed by atoms with E-state index in [0.29, 0.717) is 22.5 Å². The molecule has 51 heavy (non-hydrogen) atoms. The van der Waals surface area contributed by atoms with Gasteiger partial charge in [-0.3, -0.25) is 0 Å². The van der Waals surface area contributed by atoms with Gasteiger partial charge in [0.2, 0.25) is 0 Å². The summed E-state index contributed by atoms with van der Waals surface area (Å²) in [6.45, 7) is 12.9. The van der Waals surface area contributed by atoms with Crippen LogP contribution in [0.3, 0.4) is 0 Å². The zero-order valence-electron chi connectivity index (χ0n) is 29.4. The number of para-hydroxylation sites is 2. The van der Waals surface area contributed by atoms with Gasteiger partial charge in [-0.15, -0.1) is 0 Å². The number of halogens is 3. The fourth-order valence-corrected chi connectivity index (χ4v) is 7.38. The number of hydrogen-bond donors (Lipinski definition) is 0. The number of benzene rings is 6. The lowest BCUT2D eigenvalue weighted by atomic mass is 9.86. The summed E-state index contributed by atoms with van der Waals surface area (Å²) >= 11 is 0. The highest BCUT2D eigenvalue weighted by atomic mass is 19.2. The summed E-state index contributed by atoms with van der Waals surface area (Å²) in [5.74, 6) is -4.09. The van der Waals surface area contributed by atoms with Crippen molar-refractivity contribution in [3.63, 3.8) is 0 Å². The first kappa shape index (κ1) is 32.4. The van der Waals surface area contributed by atoms with Gasteiger partial charge in [0.25, 0.3) is 0 Å². The topological polar surface area (TPSA) is 33.6 Å².